The Morgan fingerprint density at radius 1 is 1.35 bits per heavy atom. The minimum absolute atomic E-state index is 0.00393. The lowest BCUT2D eigenvalue weighted by molar-refractivity contribution is -0.385. The Bertz CT molecular complexity index is 520. The van der Waals surface area contributed by atoms with Crippen molar-refractivity contribution in [1.29, 1.82) is 0 Å². The van der Waals surface area contributed by atoms with Gasteiger partial charge >= 0.3 is 0 Å². The van der Waals surface area contributed by atoms with Gasteiger partial charge in [0.25, 0.3) is 5.69 Å². The highest BCUT2D eigenvalue weighted by Crippen LogP contribution is 2.29. The van der Waals surface area contributed by atoms with Crippen LogP contribution in [-0.4, -0.2) is 47.2 Å². The summed E-state index contributed by atoms with van der Waals surface area (Å²) < 4.78 is 0. The van der Waals surface area contributed by atoms with Gasteiger partial charge in [-0.15, -0.1) is 0 Å². The molecule has 2 aliphatic heterocycles. The van der Waals surface area contributed by atoms with E-state index < -0.39 is 4.92 Å². The predicted octanol–water partition coefficient (Wildman–Crippen LogP) is 1.37. The van der Waals surface area contributed by atoms with Crippen molar-refractivity contribution in [2.45, 2.75) is 25.5 Å². The molecule has 108 valence electrons. The molecule has 0 spiro atoms. The lowest BCUT2D eigenvalue weighted by atomic mass is 10.1. The highest BCUT2D eigenvalue weighted by atomic mass is 16.6. The molecule has 1 N–H and O–H groups in total. The number of hydrogen-bond donors (Lipinski definition) is 1. The van der Waals surface area contributed by atoms with Gasteiger partial charge in [-0.3, -0.25) is 15.0 Å². The van der Waals surface area contributed by atoms with Crippen molar-refractivity contribution in [3.05, 3.63) is 33.9 Å². The van der Waals surface area contributed by atoms with Gasteiger partial charge in [0, 0.05) is 37.4 Å². The van der Waals surface area contributed by atoms with Crippen molar-refractivity contribution in [2.75, 3.05) is 31.1 Å². The summed E-state index contributed by atoms with van der Waals surface area (Å²) in [7, 11) is 0. The zero-order chi connectivity index (χ0) is 14.1. The van der Waals surface area contributed by atoms with Gasteiger partial charge in [0.2, 0.25) is 0 Å². The molecule has 1 unspecified atom stereocenters. The monoisotopic (exact) mass is 277 g/mol. The molecule has 2 heterocycles. The van der Waals surface area contributed by atoms with Gasteiger partial charge in [0.1, 0.15) is 0 Å². The van der Waals surface area contributed by atoms with Crippen LogP contribution in [0, 0.1) is 10.1 Å². The molecule has 2 fully saturated rings. The molecule has 0 bridgehead atoms. The van der Waals surface area contributed by atoms with Crippen LogP contribution in [0.5, 0.6) is 0 Å². The second-order valence-electron chi connectivity index (χ2n) is 5.51. The van der Waals surface area contributed by atoms with E-state index in [2.05, 4.69) is 9.80 Å². The predicted molar refractivity (Wildman–Crippen MR) is 75.8 cm³/mol. The molecule has 0 amide bonds. The Morgan fingerprint density at radius 3 is 2.95 bits per heavy atom. The standard InChI is InChI=1S/C14H19N3O3/c18-10-11-8-12(3-4-14(11)17(19)20)16-7-6-15-5-1-2-13(15)9-16/h3-4,8,13,18H,1-2,5-7,9-10H2. The van der Waals surface area contributed by atoms with Crippen LogP contribution in [0.25, 0.3) is 0 Å². The molecule has 1 aromatic carbocycles. The fourth-order valence-electron chi connectivity index (χ4n) is 3.30. The zero-order valence-electron chi connectivity index (χ0n) is 11.4. The average Bonchev–Trinajstić information content (AvgIpc) is 2.93. The molecular weight excluding hydrogens is 258 g/mol. The third-order valence-corrected chi connectivity index (χ3v) is 4.38. The molecule has 0 radical (unpaired) electrons. The number of fused-ring (bicyclic) bond motifs is 1. The van der Waals surface area contributed by atoms with Crippen molar-refractivity contribution in [1.82, 2.24) is 4.90 Å². The molecule has 0 saturated carbocycles. The number of rotatable bonds is 3. The van der Waals surface area contributed by atoms with Crippen LogP contribution in [0.2, 0.25) is 0 Å². The summed E-state index contributed by atoms with van der Waals surface area (Å²) >= 11 is 0. The van der Waals surface area contributed by atoms with Crippen molar-refractivity contribution in [2.24, 2.45) is 0 Å². The zero-order valence-corrected chi connectivity index (χ0v) is 11.4. The maximum atomic E-state index is 10.9. The minimum Gasteiger partial charge on any atom is -0.391 e. The maximum absolute atomic E-state index is 10.9. The van der Waals surface area contributed by atoms with E-state index in [1.54, 1.807) is 12.1 Å². The van der Waals surface area contributed by atoms with Crippen molar-refractivity contribution in [3.63, 3.8) is 0 Å². The first-order valence-corrected chi connectivity index (χ1v) is 7.06. The molecule has 6 heteroatoms. The Balaban J connectivity index is 1.81. The highest BCUT2D eigenvalue weighted by Gasteiger charge is 2.30. The number of hydrogen-bond acceptors (Lipinski definition) is 5. The smallest absolute Gasteiger partial charge is 0.275 e. The maximum Gasteiger partial charge on any atom is 0.275 e. The van der Waals surface area contributed by atoms with E-state index in [1.165, 1.54) is 25.5 Å². The summed E-state index contributed by atoms with van der Waals surface area (Å²) in [6.45, 7) is 3.87. The Hall–Kier alpha value is -1.66. The number of nitro benzene ring substituents is 1. The summed E-state index contributed by atoms with van der Waals surface area (Å²) in [4.78, 5) is 15.2. The average molecular weight is 277 g/mol. The lowest BCUT2D eigenvalue weighted by Crippen LogP contribution is -2.50. The number of nitrogens with zero attached hydrogens (tertiary/aromatic N) is 3. The van der Waals surface area contributed by atoms with E-state index in [-0.39, 0.29) is 12.3 Å². The highest BCUT2D eigenvalue weighted by molar-refractivity contribution is 5.56. The molecule has 1 atom stereocenters. The van der Waals surface area contributed by atoms with Crippen LogP contribution in [0.15, 0.2) is 18.2 Å². The Morgan fingerprint density at radius 2 is 2.20 bits per heavy atom. The van der Waals surface area contributed by atoms with Crippen LogP contribution in [0.3, 0.4) is 0 Å². The van der Waals surface area contributed by atoms with Gasteiger partial charge in [-0.2, -0.15) is 0 Å². The molecule has 1 aromatic rings. The van der Waals surface area contributed by atoms with E-state index in [9.17, 15) is 15.2 Å². The molecular formula is C14H19N3O3. The van der Waals surface area contributed by atoms with E-state index in [0.717, 1.165) is 25.3 Å². The summed E-state index contributed by atoms with van der Waals surface area (Å²) in [6.07, 6.45) is 2.50. The first-order chi connectivity index (χ1) is 9.69. The normalized spacial score (nSPS) is 22.9. The summed E-state index contributed by atoms with van der Waals surface area (Å²) in [5.74, 6) is 0. The summed E-state index contributed by atoms with van der Waals surface area (Å²) in [5, 5.41) is 20.2. The van der Waals surface area contributed by atoms with E-state index >= 15 is 0 Å². The van der Waals surface area contributed by atoms with Crippen molar-refractivity contribution < 1.29 is 10.0 Å². The number of piperazine rings is 1. The summed E-state index contributed by atoms with van der Waals surface area (Å²) in [6, 6.07) is 5.66. The van der Waals surface area contributed by atoms with Gasteiger partial charge in [-0.1, -0.05) is 0 Å². The van der Waals surface area contributed by atoms with Gasteiger partial charge in [0.15, 0.2) is 0 Å². The van der Waals surface area contributed by atoms with Crippen molar-refractivity contribution in [3.8, 4) is 0 Å². The molecule has 2 aliphatic rings. The molecule has 20 heavy (non-hydrogen) atoms. The van der Waals surface area contributed by atoms with Gasteiger partial charge in [-0.05, 0) is 31.5 Å². The van der Waals surface area contributed by atoms with Crippen LogP contribution in [-0.2, 0) is 6.61 Å². The fourth-order valence-corrected chi connectivity index (χ4v) is 3.30. The lowest BCUT2D eigenvalue weighted by Gasteiger charge is -2.38. The van der Waals surface area contributed by atoms with Crippen LogP contribution >= 0.6 is 0 Å². The molecule has 2 saturated heterocycles. The van der Waals surface area contributed by atoms with Gasteiger partial charge in [0.05, 0.1) is 17.1 Å². The first kappa shape index (κ1) is 13.3. The molecule has 6 nitrogen and oxygen atoms in total. The van der Waals surface area contributed by atoms with Gasteiger partial charge < -0.3 is 10.0 Å². The minimum atomic E-state index is -0.440. The second-order valence-corrected chi connectivity index (χ2v) is 5.51. The largest absolute Gasteiger partial charge is 0.391 e. The number of benzene rings is 1. The second kappa shape index (κ2) is 5.38. The third-order valence-electron chi connectivity index (χ3n) is 4.38. The first-order valence-electron chi connectivity index (χ1n) is 7.06. The van der Waals surface area contributed by atoms with E-state index in [1.807, 2.05) is 0 Å². The quantitative estimate of drug-likeness (QED) is 0.667. The van der Waals surface area contributed by atoms with E-state index in [0.29, 0.717) is 11.6 Å². The van der Waals surface area contributed by atoms with Gasteiger partial charge in [-0.25, -0.2) is 0 Å². The van der Waals surface area contributed by atoms with Crippen LogP contribution < -0.4 is 4.90 Å². The molecule has 3 rings (SSSR count). The SMILES string of the molecule is O=[N+]([O-])c1ccc(N2CCN3CCCC3C2)cc1CO. The third kappa shape index (κ3) is 2.36. The Kier molecular flexibility index (Phi) is 3.58. The molecule has 0 aliphatic carbocycles. The Labute approximate surface area is 117 Å². The van der Waals surface area contributed by atoms with Crippen molar-refractivity contribution >= 4 is 11.4 Å². The number of aliphatic hydroxyl groups excluding tert-OH is 1. The number of aliphatic hydroxyl groups is 1. The van der Waals surface area contributed by atoms with Crippen LogP contribution in [0.1, 0.15) is 18.4 Å². The molecule has 0 aromatic heterocycles. The number of anilines is 1. The topological polar surface area (TPSA) is 69.9 Å². The summed E-state index contributed by atoms with van der Waals surface area (Å²) in [5.41, 5.74) is 1.36. The van der Waals surface area contributed by atoms with Crippen LogP contribution in [0.4, 0.5) is 11.4 Å². The fraction of sp³-hybridized carbons (Fsp3) is 0.571. The number of nitro groups is 1. The van der Waals surface area contributed by atoms with E-state index in [4.69, 9.17) is 0 Å².